The Bertz CT molecular complexity index is 688. The molecule has 2 aromatic rings. The Morgan fingerprint density at radius 2 is 2.24 bits per heavy atom. The predicted molar refractivity (Wildman–Crippen MR) is 81.5 cm³/mol. The van der Waals surface area contributed by atoms with E-state index in [4.69, 9.17) is 11.6 Å². The number of nitrogens with zero attached hydrogens (tertiary/aromatic N) is 3. The summed E-state index contributed by atoms with van der Waals surface area (Å²) in [6, 6.07) is 1.86. The van der Waals surface area contributed by atoms with Gasteiger partial charge in [-0.25, -0.2) is 0 Å². The number of hydrogen-bond acceptors (Lipinski definition) is 2. The largest absolute Gasteiger partial charge is 0.365 e. The summed E-state index contributed by atoms with van der Waals surface area (Å²) in [6.07, 6.45) is 3.72. The molecule has 1 aliphatic rings. The van der Waals surface area contributed by atoms with Crippen LogP contribution in [0.5, 0.6) is 0 Å². The third-order valence-corrected chi connectivity index (χ3v) is 4.68. The van der Waals surface area contributed by atoms with Crippen molar-refractivity contribution in [2.75, 3.05) is 6.54 Å². The number of nitrogens with one attached hydrogen (secondary N) is 1. The maximum absolute atomic E-state index is 12.8. The molecule has 1 amide bonds. The molecule has 1 N–H and O–H groups in total. The summed E-state index contributed by atoms with van der Waals surface area (Å²) in [7, 11) is 1.83. The fourth-order valence-electron chi connectivity index (χ4n) is 3.17. The summed E-state index contributed by atoms with van der Waals surface area (Å²) in [4.78, 5) is 17.8. The topological polar surface area (TPSA) is 53.9 Å². The first-order valence-electron chi connectivity index (χ1n) is 7.14. The highest BCUT2D eigenvalue weighted by atomic mass is 35.5. The molecule has 0 spiro atoms. The van der Waals surface area contributed by atoms with Crippen molar-refractivity contribution < 1.29 is 4.79 Å². The van der Waals surface area contributed by atoms with Gasteiger partial charge in [0, 0.05) is 31.0 Å². The number of likely N-dealkylation sites (tertiary alicyclic amines) is 1. The molecule has 1 atom stereocenters. The first-order chi connectivity index (χ1) is 10.0. The minimum atomic E-state index is 0.0213. The second-order valence-corrected chi connectivity index (χ2v) is 5.94. The number of aryl methyl sites for hydroxylation is 3. The van der Waals surface area contributed by atoms with E-state index in [9.17, 15) is 4.79 Å². The Kier molecular flexibility index (Phi) is 3.53. The number of rotatable bonds is 2. The van der Waals surface area contributed by atoms with Crippen molar-refractivity contribution in [1.82, 2.24) is 19.7 Å². The maximum atomic E-state index is 12.8. The van der Waals surface area contributed by atoms with Gasteiger partial charge in [-0.05, 0) is 32.8 Å². The van der Waals surface area contributed by atoms with Gasteiger partial charge in [-0.1, -0.05) is 11.6 Å². The molecule has 112 valence electrons. The molecule has 1 aliphatic heterocycles. The monoisotopic (exact) mass is 306 g/mol. The van der Waals surface area contributed by atoms with Crippen LogP contribution in [0.4, 0.5) is 0 Å². The molecule has 3 heterocycles. The van der Waals surface area contributed by atoms with E-state index in [0.29, 0.717) is 5.15 Å². The predicted octanol–water partition coefficient (Wildman–Crippen LogP) is 3.00. The molecule has 0 bridgehead atoms. The minimum Gasteiger partial charge on any atom is -0.365 e. The van der Waals surface area contributed by atoms with E-state index in [-0.39, 0.29) is 11.9 Å². The maximum Gasteiger partial charge on any atom is 0.256 e. The number of carbonyl (C=O) groups excluding carboxylic acids is 1. The molecule has 5 nitrogen and oxygen atoms in total. The Morgan fingerprint density at radius 3 is 2.81 bits per heavy atom. The summed E-state index contributed by atoms with van der Waals surface area (Å²) in [5.74, 6) is 0.0653. The second kappa shape index (κ2) is 5.22. The van der Waals surface area contributed by atoms with Crippen molar-refractivity contribution in [3.63, 3.8) is 0 Å². The summed E-state index contributed by atoms with van der Waals surface area (Å²) in [6.45, 7) is 4.63. The van der Waals surface area contributed by atoms with Crippen molar-refractivity contribution in [2.45, 2.75) is 32.7 Å². The van der Waals surface area contributed by atoms with Crippen LogP contribution < -0.4 is 0 Å². The standard InChI is InChI=1S/C15H19ClN4O/c1-9-11(6-7-17-9)15(21)20-8-4-5-12(20)13-10(2)18-19(3)14(13)16/h6-7,12,17H,4-5,8H2,1-3H3. The first-order valence-corrected chi connectivity index (χ1v) is 7.52. The van der Waals surface area contributed by atoms with Gasteiger partial charge >= 0.3 is 0 Å². The van der Waals surface area contributed by atoms with Crippen molar-refractivity contribution in [2.24, 2.45) is 7.05 Å². The van der Waals surface area contributed by atoms with E-state index in [1.54, 1.807) is 10.9 Å². The second-order valence-electron chi connectivity index (χ2n) is 5.59. The third kappa shape index (κ3) is 2.25. The van der Waals surface area contributed by atoms with Gasteiger partial charge in [-0.3, -0.25) is 9.48 Å². The van der Waals surface area contributed by atoms with E-state index < -0.39 is 0 Å². The van der Waals surface area contributed by atoms with Crippen molar-refractivity contribution >= 4 is 17.5 Å². The van der Waals surface area contributed by atoms with Crippen LogP contribution >= 0.6 is 11.6 Å². The normalized spacial score (nSPS) is 18.5. The molecule has 0 aliphatic carbocycles. The van der Waals surface area contributed by atoms with Gasteiger partial charge in [0.25, 0.3) is 5.91 Å². The average Bonchev–Trinajstić information content (AvgIpc) is 3.11. The highest BCUT2D eigenvalue weighted by Gasteiger charge is 2.35. The van der Waals surface area contributed by atoms with E-state index in [0.717, 1.165) is 41.9 Å². The highest BCUT2D eigenvalue weighted by molar-refractivity contribution is 6.30. The average molecular weight is 307 g/mol. The Balaban J connectivity index is 1.96. The van der Waals surface area contributed by atoms with Gasteiger partial charge in [0.2, 0.25) is 0 Å². The number of amides is 1. The Labute approximate surface area is 128 Å². The minimum absolute atomic E-state index is 0.0213. The molecule has 0 aromatic carbocycles. The fourth-order valence-corrected chi connectivity index (χ4v) is 3.47. The van der Waals surface area contributed by atoms with E-state index in [1.807, 2.05) is 31.9 Å². The molecule has 1 saturated heterocycles. The number of halogens is 1. The van der Waals surface area contributed by atoms with Crippen LogP contribution in [0, 0.1) is 13.8 Å². The van der Waals surface area contributed by atoms with Crippen molar-refractivity contribution in [3.05, 3.63) is 39.9 Å². The lowest BCUT2D eigenvalue weighted by Gasteiger charge is -2.25. The lowest BCUT2D eigenvalue weighted by atomic mass is 10.0. The van der Waals surface area contributed by atoms with Gasteiger partial charge in [0.05, 0.1) is 17.3 Å². The molecule has 1 fully saturated rings. The van der Waals surface area contributed by atoms with Crippen LogP contribution in [-0.2, 0) is 7.05 Å². The van der Waals surface area contributed by atoms with Crippen LogP contribution in [0.2, 0.25) is 5.15 Å². The van der Waals surface area contributed by atoms with E-state index in [2.05, 4.69) is 10.1 Å². The Morgan fingerprint density at radius 1 is 1.48 bits per heavy atom. The summed E-state index contributed by atoms with van der Waals surface area (Å²) in [5.41, 5.74) is 3.52. The van der Waals surface area contributed by atoms with E-state index >= 15 is 0 Å². The summed E-state index contributed by atoms with van der Waals surface area (Å²) >= 11 is 6.38. The number of carbonyl (C=O) groups is 1. The van der Waals surface area contributed by atoms with Gasteiger partial charge < -0.3 is 9.88 Å². The number of aromatic amines is 1. The summed E-state index contributed by atoms with van der Waals surface area (Å²) in [5, 5.41) is 5.00. The third-order valence-electron chi connectivity index (χ3n) is 4.23. The first kappa shape index (κ1) is 14.2. The molecule has 1 unspecified atom stereocenters. The van der Waals surface area contributed by atoms with Crippen LogP contribution in [0.3, 0.4) is 0 Å². The van der Waals surface area contributed by atoms with Gasteiger partial charge in [0.1, 0.15) is 5.15 Å². The fraction of sp³-hybridized carbons (Fsp3) is 0.467. The molecular weight excluding hydrogens is 288 g/mol. The lowest BCUT2D eigenvalue weighted by Crippen LogP contribution is -2.31. The molecule has 6 heteroatoms. The zero-order chi connectivity index (χ0) is 15.1. The highest BCUT2D eigenvalue weighted by Crippen LogP contribution is 2.38. The smallest absolute Gasteiger partial charge is 0.256 e. The zero-order valence-electron chi connectivity index (χ0n) is 12.5. The summed E-state index contributed by atoms with van der Waals surface area (Å²) < 4.78 is 1.68. The van der Waals surface area contributed by atoms with Crippen LogP contribution in [-0.4, -0.2) is 32.1 Å². The molecule has 2 aromatic heterocycles. The SMILES string of the molecule is Cc1nn(C)c(Cl)c1C1CCCN1C(=O)c1cc[nH]c1C. The molecule has 0 saturated carbocycles. The molecular formula is C15H19ClN4O. The number of aromatic nitrogens is 3. The molecule has 3 rings (SSSR count). The van der Waals surface area contributed by atoms with Crippen molar-refractivity contribution in [1.29, 1.82) is 0 Å². The van der Waals surface area contributed by atoms with Crippen LogP contribution in [0.1, 0.15) is 46.2 Å². The van der Waals surface area contributed by atoms with Crippen LogP contribution in [0.15, 0.2) is 12.3 Å². The molecule has 0 radical (unpaired) electrons. The Hall–Kier alpha value is -1.75. The molecule has 21 heavy (non-hydrogen) atoms. The van der Waals surface area contributed by atoms with E-state index in [1.165, 1.54) is 0 Å². The lowest BCUT2D eigenvalue weighted by molar-refractivity contribution is 0.0735. The van der Waals surface area contributed by atoms with Gasteiger partial charge in [-0.15, -0.1) is 0 Å². The zero-order valence-corrected chi connectivity index (χ0v) is 13.2. The van der Waals surface area contributed by atoms with Gasteiger partial charge in [0.15, 0.2) is 0 Å². The van der Waals surface area contributed by atoms with Gasteiger partial charge in [-0.2, -0.15) is 5.10 Å². The quantitative estimate of drug-likeness (QED) is 0.927. The van der Waals surface area contributed by atoms with Crippen LogP contribution in [0.25, 0.3) is 0 Å². The van der Waals surface area contributed by atoms with Crippen molar-refractivity contribution in [3.8, 4) is 0 Å². The number of hydrogen-bond donors (Lipinski definition) is 1. The number of H-pyrrole nitrogens is 1.